The van der Waals surface area contributed by atoms with Crippen LogP contribution in [0.2, 0.25) is 0 Å². The Morgan fingerprint density at radius 2 is 2.04 bits per heavy atom. The number of aromatic nitrogens is 2. The lowest BCUT2D eigenvalue weighted by Crippen LogP contribution is -2.14. The minimum atomic E-state index is -0.575. The average Bonchev–Trinajstić information content (AvgIpc) is 3.36. The molecule has 3 rings (SSSR count). The Kier molecular flexibility index (Phi) is 5.61. The number of thiazole rings is 1. The van der Waals surface area contributed by atoms with Crippen molar-refractivity contribution in [1.82, 2.24) is 9.97 Å². The number of anilines is 2. The highest BCUT2D eigenvalue weighted by Crippen LogP contribution is 2.18. The predicted molar refractivity (Wildman–Crippen MR) is 93.6 cm³/mol. The Hall–Kier alpha value is -3.47. The second-order valence-electron chi connectivity index (χ2n) is 5.05. The zero-order chi connectivity index (χ0) is 19.2. The molecule has 0 spiro atoms. The summed E-state index contributed by atoms with van der Waals surface area (Å²) in [5, 5.41) is 6.85. The van der Waals surface area contributed by atoms with E-state index in [1.54, 1.807) is 18.4 Å². The zero-order valence-corrected chi connectivity index (χ0v) is 14.9. The third-order valence-corrected chi connectivity index (χ3v) is 3.91. The fraction of sp³-hybridized carbons (Fsp3) is 0.188. The maximum Gasteiger partial charge on any atom is 0.311 e. The van der Waals surface area contributed by atoms with E-state index < -0.39 is 17.8 Å². The molecule has 2 amide bonds. The second kappa shape index (κ2) is 8.27. The standard InChI is InChI=1S/C16H14N4O6S/c1-2-24-12(21)6-9-8-27-16(17-9)20-13(22)10-7-26-15(18-10)19-14(23)11-4-3-5-25-11/h3-5,7-8H,2,6H2,1H3,(H,17,20,22)(H,18,19,23). The van der Waals surface area contributed by atoms with Gasteiger partial charge in [0.05, 0.1) is 25.0 Å². The SMILES string of the molecule is CCOC(=O)Cc1csc(NC(=O)c2coc(NC(=O)c3ccco3)n2)n1. The van der Waals surface area contributed by atoms with Crippen LogP contribution in [0.25, 0.3) is 0 Å². The van der Waals surface area contributed by atoms with Gasteiger partial charge in [-0.1, -0.05) is 0 Å². The molecule has 140 valence electrons. The third kappa shape index (κ3) is 4.79. The number of hydrogen-bond donors (Lipinski definition) is 2. The summed E-state index contributed by atoms with van der Waals surface area (Å²) in [4.78, 5) is 43.5. The van der Waals surface area contributed by atoms with E-state index in [9.17, 15) is 14.4 Å². The first-order chi connectivity index (χ1) is 13.0. The van der Waals surface area contributed by atoms with Crippen LogP contribution in [0.4, 0.5) is 11.1 Å². The van der Waals surface area contributed by atoms with Crippen LogP contribution in [0.1, 0.15) is 33.7 Å². The van der Waals surface area contributed by atoms with Crippen molar-refractivity contribution in [3.63, 3.8) is 0 Å². The fourth-order valence-electron chi connectivity index (χ4n) is 1.97. The number of amides is 2. The van der Waals surface area contributed by atoms with E-state index >= 15 is 0 Å². The van der Waals surface area contributed by atoms with Crippen molar-refractivity contribution in [3.05, 3.63) is 47.2 Å². The van der Waals surface area contributed by atoms with Crippen LogP contribution in [0.5, 0.6) is 0 Å². The topological polar surface area (TPSA) is 137 Å². The summed E-state index contributed by atoms with van der Waals surface area (Å²) in [6.45, 7) is 2.01. The lowest BCUT2D eigenvalue weighted by molar-refractivity contribution is -0.142. The molecule has 2 N–H and O–H groups in total. The average molecular weight is 390 g/mol. The minimum absolute atomic E-state index is 0.0210. The Bertz CT molecular complexity index is 946. The largest absolute Gasteiger partial charge is 0.466 e. The number of oxazole rings is 1. The Balaban J connectivity index is 1.57. The molecule has 0 saturated heterocycles. The monoisotopic (exact) mass is 390 g/mol. The van der Waals surface area contributed by atoms with Gasteiger partial charge in [-0.05, 0) is 19.1 Å². The molecule has 0 saturated carbocycles. The smallest absolute Gasteiger partial charge is 0.311 e. The number of rotatable bonds is 7. The van der Waals surface area contributed by atoms with Gasteiger partial charge >= 0.3 is 12.0 Å². The molecule has 0 aliphatic heterocycles. The van der Waals surface area contributed by atoms with Crippen molar-refractivity contribution in [2.24, 2.45) is 0 Å². The van der Waals surface area contributed by atoms with Crippen LogP contribution in [0, 0.1) is 0 Å². The number of nitrogens with zero attached hydrogens (tertiary/aromatic N) is 2. The highest BCUT2D eigenvalue weighted by atomic mass is 32.1. The van der Waals surface area contributed by atoms with Crippen LogP contribution in [0.3, 0.4) is 0 Å². The lowest BCUT2D eigenvalue weighted by Gasteiger charge is -1.99. The molecule has 0 bridgehead atoms. The van der Waals surface area contributed by atoms with E-state index in [-0.39, 0.29) is 30.5 Å². The minimum Gasteiger partial charge on any atom is -0.466 e. The number of ether oxygens (including phenoxy) is 1. The second-order valence-corrected chi connectivity index (χ2v) is 5.91. The predicted octanol–water partition coefficient (Wildman–Crippen LogP) is 2.33. The molecule has 10 nitrogen and oxygen atoms in total. The van der Waals surface area contributed by atoms with Gasteiger partial charge in [0.25, 0.3) is 11.8 Å². The van der Waals surface area contributed by atoms with E-state index in [1.165, 1.54) is 12.3 Å². The summed E-state index contributed by atoms with van der Waals surface area (Å²) in [5.41, 5.74) is 0.437. The molecular formula is C16H14N4O6S. The van der Waals surface area contributed by atoms with E-state index in [0.29, 0.717) is 10.8 Å². The first-order valence-corrected chi connectivity index (χ1v) is 8.65. The summed E-state index contributed by atoms with van der Waals surface area (Å²) >= 11 is 1.16. The Labute approximate surface area is 156 Å². The van der Waals surface area contributed by atoms with Crippen LogP contribution in [-0.4, -0.2) is 34.4 Å². The number of nitrogens with one attached hydrogen (secondary N) is 2. The molecule has 0 fully saturated rings. The number of carbonyl (C=O) groups excluding carboxylic acids is 3. The highest BCUT2D eigenvalue weighted by molar-refractivity contribution is 7.14. The van der Waals surface area contributed by atoms with Crippen molar-refractivity contribution in [1.29, 1.82) is 0 Å². The summed E-state index contributed by atoms with van der Waals surface area (Å²) in [6.07, 6.45) is 2.47. The van der Waals surface area contributed by atoms with Crippen molar-refractivity contribution in [3.8, 4) is 0 Å². The van der Waals surface area contributed by atoms with Gasteiger partial charge in [0.1, 0.15) is 6.26 Å². The van der Waals surface area contributed by atoms with Crippen LogP contribution < -0.4 is 10.6 Å². The van der Waals surface area contributed by atoms with Crippen LogP contribution in [-0.2, 0) is 16.0 Å². The Morgan fingerprint density at radius 3 is 2.78 bits per heavy atom. The zero-order valence-electron chi connectivity index (χ0n) is 14.1. The van der Waals surface area contributed by atoms with Gasteiger partial charge < -0.3 is 13.6 Å². The van der Waals surface area contributed by atoms with Gasteiger partial charge in [-0.3, -0.25) is 25.0 Å². The quantitative estimate of drug-likeness (QED) is 0.587. The van der Waals surface area contributed by atoms with Crippen LogP contribution in [0.15, 0.2) is 38.9 Å². The summed E-state index contributed by atoms with van der Waals surface area (Å²) in [7, 11) is 0. The molecule has 0 radical (unpaired) electrons. The van der Waals surface area contributed by atoms with Gasteiger partial charge in [-0.25, -0.2) is 4.98 Å². The molecular weight excluding hydrogens is 376 g/mol. The van der Waals surface area contributed by atoms with Crippen molar-refractivity contribution in [2.75, 3.05) is 17.2 Å². The summed E-state index contributed by atoms with van der Waals surface area (Å²) in [6, 6.07) is 2.89. The normalized spacial score (nSPS) is 10.4. The van der Waals surface area contributed by atoms with Gasteiger partial charge in [0, 0.05) is 5.38 Å². The number of carbonyl (C=O) groups is 3. The summed E-state index contributed by atoms with van der Waals surface area (Å²) < 4.78 is 14.8. The van der Waals surface area contributed by atoms with Gasteiger partial charge in [0.15, 0.2) is 16.6 Å². The molecule has 3 aromatic heterocycles. The maximum absolute atomic E-state index is 12.2. The number of furan rings is 1. The fourth-order valence-corrected chi connectivity index (χ4v) is 2.67. The molecule has 0 unspecified atom stereocenters. The van der Waals surface area contributed by atoms with Crippen molar-refractivity contribution < 1.29 is 28.0 Å². The van der Waals surface area contributed by atoms with E-state index in [2.05, 4.69) is 20.6 Å². The van der Waals surface area contributed by atoms with E-state index in [0.717, 1.165) is 17.6 Å². The van der Waals surface area contributed by atoms with E-state index in [1.807, 2.05) is 0 Å². The molecule has 27 heavy (non-hydrogen) atoms. The molecule has 0 atom stereocenters. The molecule has 0 aromatic carbocycles. The third-order valence-electron chi connectivity index (χ3n) is 3.11. The molecule has 3 aromatic rings. The molecule has 0 aliphatic carbocycles. The summed E-state index contributed by atoms with van der Waals surface area (Å²) in [5.74, 6) is -1.45. The van der Waals surface area contributed by atoms with Crippen molar-refractivity contribution in [2.45, 2.75) is 13.3 Å². The van der Waals surface area contributed by atoms with E-state index in [4.69, 9.17) is 13.6 Å². The van der Waals surface area contributed by atoms with Gasteiger partial charge in [-0.15, -0.1) is 11.3 Å². The van der Waals surface area contributed by atoms with Gasteiger partial charge in [0.2, 0.25) is 0 Å². The Morgan fingerprint density at radius 1 is 1.19 bits per heavy atom. The first kappa shape index (κ1) is 18.3. The van der Waals surface area contributed by atoms with Crippen LogP contribution >= 0.6 is 11.3 Å². The first-order valence-electron chi connectivity index (χ1n) is 7.77. The highest BCUT2D eigenvalue weighted by Gasteiger charge is 2.17. The molecule has 3 heterocycles. The lowest BCUT2D eigenvalue weighted by atomic mass is 10.3. The van der Waals surface area contributed by atoms with Gasteiger partial charge in [-0.2, -0.15) is 4.98 Å². The maximum atomic E-state index is 12.2. The number of hydrogen-bond acceptors (Lipinski definition) is 9. The molecule has 0 aliphatic rings. The van der Waals surface area contributed by atoms with Crippen molar-refractivity contribution >= 4 is 40.3 Å². The molecule has 11 heteroatoms. The number of esters is 1.